The Morgan fingerprint density at radius 3 is 2.41 bits per heavy atom. The summed E-state index contributed by atoms with van der Waals surface area (Å²) in [5, 5.41) is 5.05. The van der Waals surface area contributed by atoms with Crippen LogP contribution in [0.15, 0.2) is 24.3 Å². The lowest BCUT2D eigenvalue weighted by Gasteiger charge is -2.08. The van der Waals surface area contributed by atoms with E-state index in [1.807, 2.05) is 12.1 Å². The van der Waals surface area contributed by atoms with Gasteiger partial charge in [0.25, 0.3) is 0 Å². The van der Waals surface area contributed by atoms with E-state index in [-0.39, 0.29) is 36.0 Å². The van der Waals surface area contributed by atoms with E-state index in [9.17, 15) is 14.4 Å². The predicted molar refractivity (Wildman–Crippen MR) is 82.6 cm³/mol. The third-order valence-corrected chi connectivity index (χ3v) is 4.75. The Labute approximate surface area is 137 Å². The van der Waals surface area contributed by atoms with Gasteiger partial charge in [0.05, 0.1) is 11.8 Å². The number of carbonyl (C=O) groups is 3. The summed E-state index contributed by atoms with van der Waals surface area (Å²) >= 11 is 11.7. The maximum Gasteiger partial charge on any atom is 0.230 e. The van der Waals surface area contributed by atoms with E-state index < -0.39 is 4.33 Å². The Hall–Kier alpha value is -1.59. The van der Waals surface area contributed by atoms with Crippen LogP contribution in [0, 0.1) is 11.8 Å². The molecule has 2 atom stereocenters. The summed E-state index contributed by atoms with van der Waals surface area (Å²) in [5.74, 6) is -1.33. The molecular weight excluding hydrogens is 327 g/mol. The molecule has 1 aromatic carbocycles. The molecule has 1 heterocycles. The fourth-order valence-corrected chi connectivity index (χ4v) is 3.01. The van der Waals surface area contributed by atoms with E-state index in [0.717, 1.165) is 5.56 Å². The number of nitrogens with one attached hydrogen (secondary N) is 2. The highest BCUT2D eigenvalue weighted by atomic mass is 35.5. The molecule has 0 aromatic heterocycles. The van der Waals surface area contributed by atoms with Gasteiger partial charge in [-0.2, -0.15) is 0 Å². The molecule has 2 aliphatic rings. The normalized spacial score (nSPS) is 25.7. The Bertz CT molecular complexity index is 643. The fourth-order valence-electron chi connectivity index (χ4n) is 2.51. The topological polar surface area (TPSA) is 75.3 Å². The SMILES string of the molecule is O=C1C[C@H](Cc2ccc(NC(=O)[C@@H]3CC3(Cl)Cl)cc2)C(=O)N1. The molecule has 116 valence electrons. The van der Waals surface area contributed by atoms with Crippen LogP contribution in [0.3, 0.4) is 0 Å². The lowest BCUT2D eigenvalue weighted by Crippen LogP contribution is -2.22. The van der Waals surface area contributed by atoms with Crippen LogP contribution in [0.1, 0.15) is 18.4 Å². The van der Waals surface area contributed by atoms with Crippen molar-refractivity contribution in [2.24, 2.45) is 11.8 Å². The molecule has 1 saturated heterocycles. The molecule has 3 rings (SSSR count). The number of benzene rings is 1. The molecule has 2 N–H and O–H groups in total. The molecule has 1 saturated carbocycles. The number of amides is 3. The number of halogens is 2. The van der Waals surface area contributed by atoms with Gasteiger partial charge in [-0.1, -0.05) is 12.1 Å². The third kappa shape index (κ3) is 3.25. The first-order valence-corrected chi connectivity index (χ1v) is 7.72. The molecule has 0 radical (unpaired) electrons. The molecule has 1 aliphatic carbocycles. The summed E-state index contributed by atoms with van der Waals surface area (Å²) in [6.07, 6.45) is 1.19. The van der Waals surface area contributed by atoms with Gasteiger partial charge in [0.1, 0.15) is 4.33 Å². The largest absolute Gasteiger partial charge is 0.326 e. The summed E-state index contributed by atoms with van der Waals surface area (Å²) in [7, 11) is 0. The van der Waals surface area contributed by atoms with E-state index in [2.05, 4.69) is 10.6 Å². The average molecular weight is 341 g/mol. The van der Waals surface area contributed by atoms with E-state index in [1.54, 1.807) is 12.1 Å². The second-order valence-corrected chi connectivity index (χ2v) is 7.26. The average Bonchev–Trinajstić information content (AvgIpc) is 2.97. The van der Waals surface area contributed by atoms with Crippen molar-refractivity contribution in [3.05, 3.63) is 29.8 Å². The summed E-state index contributed by atoms with van der Waals surface area (Å²) in [5.41, 5.74) is 1.58. The molecule has 0 spiro atoms. The third-order valence-electron chi connectivity index (χ3n) is 3.91. The Morgan fingerprint density at radius 2 is 1.91 bits per heavy atom. The highest BCUT2D eigenvalue weighted by Crippen LogP contribution is 2.53. The lowest BCUT2D eigenvalue weighted by atomic mass is 9.98. The van der Waals surface area contributed by atoms with Crippen molar-refractivity contribution in [1.82, 2.24) is 5.32 Å². The smallest absolute Gasteiger partial charge is 0.230 e. The Morgan fingerprint density at radius 1 is 1.27 bits per heavy atom. The fraction of sp³-hybridized carbons (Fsp3) is 0.400. The van der Waals surface area contributed by atoms with Crippen molar-refractivity contribution in [3.63, 3.8) is 0 Å². The maximum absolute atomic E-state index is 11.9. The van der Waals surface area contributed by atoms with Gasteiger partial charge in [0.2, 0.25) is 17.7 Å². The second-order valence-electron chi connectivity index (χ2n) is 5.72. The van der Waals surface area contributed by atoms with Crippen molar-refractivity contribution >= 4 is 46.6 Å². The van der Waals surface area contributed by atoms with Gasteiger partial charge >= 0.3 is 0 Å². The molecule has 0 bridgehead atoms. The molecule has 1 aromatic rings. The number of hydrogen-bond acceptors (Lipinski definition) is 3. The van der Waals surface area contributed by atoms with E-state index in [0.29, 0.717) is 18.5 Å². The van der Waals surface area contributed by atoms with Crippen LogP contribution in [-0.4, -0.2) is 22.1 Å². The standard InChI is InChI=1S/C15H14Cl2N2O3/c16-15(17)7-11(15)14(22)18-10-3-1-8(2-4-10)5-9-6-12(20)19-13(9)21/h1-4,9,11H,5-7H2,(H,18,22)(H,19,20,21)/t9-,11-/m0/s1. The Balaban J connectivity index is 1.57. The maximum atomic E-state index is 11.9. The number of anilines is 1. The van der Waals surface area contributed by atoms with Crippen molar-refractivity contribution in [3.8, 4) is 0 Å². The van der Waals surface area contributed by atoms with Crippen LogP contribution in [0.4, 0.5) is 5.69 Å². The molecule has 1 aliphatic heterocycles. The van der Waals surface area contributed by atoms with Gasteiger partial charge in [-0.3, -0.25) is 19.7 Å². The number of rotatable bonds is 4. The first-order chi connectivity index (χ1) is 10.3. The summed E-state index contributed by atoms with van der Waals surface area (Å²) < 4.78 is -0.938. The molecule has 5 nitrogen and oxygen atoms in total. The van der Waals surface area contributed by atoms with Gasteiger partial charge < -0.3 is 5.32 Å². The minimum atomic E-state index is -0.938. The van der Waals surface area contributed by atoms with Gasteiger partial charge in [0.15, 0.2) is 0 Å². The highest BCUT2D eigenvalue weighted by Gasteiger charge is 2.56. The Kier molecular flexibility index (Phi) is 3.87. The number of alkyl halides is 2. The van der Waals surface area contributed by atoms with Crippen LogP contribution >= 0.6 is 23.2 Å². The van der Waals surface area contributed by atoms with Gasteiger partial charge in [0, 0.05) is 12.1 Å². The van der Waals surface area contributed by atoms with Crippen molar-refractivity contribution in [1.29, 1.82) is 0 Å². The molecular formula is C15H14Cl2N2O3. The minimum Gasteiger partial charge on any atom is -0.326 e. The van der Waals surface area contributed by atoms with Crippen LogP contribution in [0.2, 0.25) is 0 Å². The number of carbonyl (C=O) groups excluding carboxylic acids is 3. The monoisotopic (exact) mass is 340 g/mol. The minimum absolute atomic E-state index is 0.196. The van der Waals surface area contributed by atoms with Gasteiger partial charge in [-0.15, -0.1) is 23.2 Å². The number of hydrogen-bond donors (Lipinski definition) is 2. The molecule has 3 amide bonds. The molecule has 0 unspecified atom stereocenters. The quantitative estimate of drug-likeness (QED) is 0.650. The molecule has 7 heteroatoms. The van der Waals surface area contributed by atoms with Crippen molar-refractivity contribution in [2.45, 2.75) is 23.6 Å². The van der Waals surface area contributed by atoms with Gasteiger partial charge in [-0.25, -0.2) is 0 Å². The lowest BCUT2D eigenvalue weighted by molar-refractivity contribution is -0.125. The van der Waals surface area contributed by atoms with Crippen LogP contribution in [-0.2, 0) is 20.8 Å². The van der Waals surface area contributed by atoms with Crippen LogP contribution in [0.5, 0.6) is 0 Å². The van der Waals surface area contributed by atoms with Gasteiger partial charge in [-0.05, 0) is 30.5 Å². The highest BCUT2D eigenvalue weighted by molar-refractivity contribution is 6.52. The van der Waals surface area contributed by atoms with E-state index in [1.165, 1.54) is 0 Å². The van der Waals surface area contributed by atoms with E-state index >= 15 is 0 Å². The second kappa shape index (κ2) is 5.56. The zero-order valence-corrected chi connectivity index (χ0v) is 13.1. The van der Waals surface area contributed by atoms with E-state index in [4.69, 9.17) is 23.2 Å². The summed E-state index contributed by atoms with van der Waals surface area (Å²) in [6.45, 7) is 0. The first-order valence-electron chi connectivity index (χ1n) is 6.96. The zero-order chi connectivity index (χ0) is 15.9. The predicted octanol–water partition coefficient (Wildman–Crippen LogP) is 2.02. The summed E-state index contributed by atoms with van der Waals surface area (Å²) in [6, 6.07) is 7.17. The zero-order valence-electron chi connectivity index (χ0n) is 11.6. The van der Waals surface area contributed by atoms with Crippen molar-refractivity contribution in [2.75, 3.05) is 5.32 Å². The summed E-state index contributed by atoms with van der Waals surface area (Å²) in [4.78, 5) is 34.5. The van der Waals surface area contributed by atoms with Crippen LogP contribution in [0.25, 0.3) is 0 Å². The number of imide groups is 1. The first kappa shape index (κ1) is 15.3. The molecule has 2 fully saturated rings. The van der Waals surface area contributed by atoms with Crippen molar-refractivity contribution < 1.29 is 14.4 Å². The van der Waals surface area contributed by atoms with Crippen LogP contribution < -0.4 is 10.6 Å². The molecule has 22 heavy (non-hydrogen) atoms.